The molecule has 0 N–H and O–H groups in total. The van der Waals surface area contributed by atoms with Gasteiger partial charge in [-0.05, 0) is 80.1 Å². The number of anilines is 1. The fourth-order valence-corrected chi connectivity index (χ4v) is 5.43. The first-order valence-electron chi connectivity index (χ1n) is 17.4. The molecule has 1 atom stereocenters. The highest BCUT2D eigenvalue weighted by molar-refractivity contribution is 6.39. The quantitative estimate of drug-likeness (QED) is 0.0469. The first-order valence-corrected chi connectivity index (χ1v) is 17.4. The number of rotatable bonds is 21. The number of alkyl halides is 9. The van der Waals surface area contributed by atoms with E-state index in [1.54, 1.807) is 11.8 Å². The molecular formula is C37H45BF9NO4. The van der Waals surface area contributed by atoms with E-state index in [0.29, 0.717) is 6.42 Å². The molecule has 0 heterocycles. The maximum Gasteiger partial charge on any atom is 0.864 e. The van der Waals surface area contributed by atoms with E-state index in [2.05, 4.69) is 6.92 Å². The van der Waals surface area contributed by atoms with Crippen molar-refractivity contribution in [1.29, 1.82) is 0 Å². The molecule has 288 valence electrons. The highest BCUT2D eigenvalue weighted by atomic mass is 19.4. The maximum absolute atomic E-state index is 14.0. The zero-order chi connectivity index (χ0) is 38.4. The van der Waals surface area contributed by atoms with Gasteiger partial charge in [0.15, 0.2) is 0 Å². The molecule has 0 amide bonds. The molecule has 1 unspecified atom stereocenters. The van der Waals surface area contributed by atoms with Crippen LogP contribution in [0.25, 0.3) is 0 Å². The van der Waals surface area contributed by atoms with Crippen LogP contribution < -0.4 is 18.9 Å². The van der Waals surface area contributed by atoms with Gasteiger partial charge in [0, 0.05) is 13.7 Å². The lowest BCUT2D eigenvalue weighted by Crippen LogP contribution is -2.39. The second-order valence-corrected chi connectivity index (χ2v) is 12.4. The highest BCUT2D eigenvalue weighted by Crippen LogP contribution is 2.39. The molecule has 15 heteroatoms. The van der Waals surface area contributed by atoms with Crippen molar-refractivity contribution < 1.29 is 58.2 Å². The van der Waals surface area contributed by atoms with Gasteiger partial charge >= 0.3 is 25.9 Å². The van der Waals surface area contributed by atoms with Gasteiger partial charge in [-0.3, -0.25) is 0 Å². The molecule has 0 bridgehead atoms. The number of ether oxygens (including phenoxy) is 1. The minimum absolute atomic E-state index is 0.0340. The zero-order valence-electron chi connectivity index (χ0n) is 29.5. The van der Waals surface area contributed by atoms with Crippen LogP contribution in [0.4, 0.5) is 45.2 Å². The summed E-state index contributed by atoms with van der Waals surface area (Å²) in [7, 11) is -0.470. The van der Waals surface area contributed by atoms with Crippen LogP contribution in [0.5, 0.6) is 17.2 Å². The fourth-order valence-electron chi connectivity index (χ4n) is 5.43. The third kappa shape index (κ3) is 14.0. The monoisotopic (exact) mass is 749 g/mol. The molecule has 0 aliphatic carbocycles. The van der Waals surface area contributed by atoms with Crippen LogP contribution in [0, 0.1) is 0 Å². The van der Waals surface area contributed by atoms with E-state index in [1.165, 1.54) is 39.2 Å². The number of hydrogen-bond donors (Lipinski definition) is 0. The number of unbranched alkanes of at least 4 members (excludes halogenated alkanes) is 10. The van der Waals surface area contributed by atoms with Crippen molar-refractivity contribution in [2.75, 3.05) is 18.6 Å². The summed E-state index contributed by atoms with van der Waals surface area (Å²) in [6, 6.07) is 9.60. The molecular weight excluding hydrogens is 704 g/mol. The van der Waals surface area contributed by atoms with Crippen LogP contribution in [-0.4, -0.2) is 27.2 Å². The number of benzene rings is 3. The first kappa shape index (κ1) is 42.7. The van der Waals surface area contributed by atoms with E-state index in [4.69, 9.17) is 18.7 Å². The predicted molar refractivity (Wildman–Crippen MR) is 182 cm³/mol. The SMILES string of the molecule is CCCCCCCCCCCCCN(c1cc(C(F)(F)F)ccc1OB(Oc1ccc(C(F)(F)F)cc1)Oc1ccc(C(F)(F)F)cc1)C(C)OC. The maximum atomic E-state index is 14.0. The van der Waals surface area contributed by atoms with E-state index in [0.717, 1.165) is 98.8 Å². The van der Waals surface area contributed by atoms with Gasteiger partial charge in [0.1, 0.15) is 23.5 Å². The number of hydrogen-bond acceptors (Lipinski definition) is 5. The Morgan fingerprint density at radius 1 is 0.558 bits per heavy atom. The molecule has 0 spiro atoms. The molecule has 0 saturated heterocycles. The smallest absolute Gasteiger partial charge is 0.490 e. The lowest BCUT2D eigenvalue weighted by molar-refractivity contribution is -0.138. The summed E-state index contributed by atoms with van der Waals surface area (Å²) in [5, 5.41) is 0. The minimum atomic E-state index is -4.72. The van der Waals surface area contributed by atoms with E-state index in [1.807, 2.05) is 0 Å². The van der Waals surface area contributed by atoms with Gasteiger partial charge in [-0.2, -0.15) is 39.5 Å². The number of nitrogens with zero attached hydrogens (tertiary/aromatic N) is 1. The van der Waals surface area contributed by atoms with Crippen LogP contribution in [-0.2, 0) is 23.3 Å². The van der Waals surface area contributed by atoms with Crippen molar-refractivity contribution in [2.45, 2.75) is 109 Å². The standard InChI is InChI=1S/C37H45BF9NO4/c1-4-5-6-7-8-9-10-11-12-13-14-25-48(27(2)49-3)33-26-30(37(45,46)47)19-24-34(33)52-38(50-31-20-15-28(16-21-31)35(39,40)41)51-32-22-17-29(18-23-32)36(42,43)44/h15-24,26-27H,4-14,25H2,1-3H3. The van der Waals surface area contributed by atoms with Crippen molar-refractivity contribution >= 4 is 13.0 Å². The Labute approximate surface area is 299 Å². The summed E-state index contributed by atoms with van der Waals surface area (Å²) in [4.78, 5) is 1.59. The van der Waals surface area contributed by atoms with Gasteiger partial charge in [0.05, 0.1) is 22.4 Å². The summed E-state index contributed by atoms with van der Waals surface area (Å²) in [5.74, 6) is -0.522. The van der Waals surface area contributed by atoms with Gasteiger partial charge < -0.3 is 23.6 Å². The Hall–Kier alpha value is -3.75. The Morgan fingerprint density at radius 2 is 0.962 bits per heavy atom. The third-order valence-corrected chi connectivity index (χ3v) is 8.43. The van der Waals surface area contributed by atoms with Crippen molar-refractivity contribution in [3.63, 3.8) is 0 Å². The van der Waals surface area contributed by atoms with Crippen LogP contribution >= 0.6 is 0 Å². The topological polar surface area (TPSA) is 40.2 Å². The average Bonchev–Trinajstić information content (AvgIpc) is 3.08. The normalized spacial score (nSPS) is 12.8. The minimum Gasteiger partial charge on any atom is -0.490 e. The van der Waals surface area contributed by atoms with Gasteiger partial charge in [0.2, 0.25) is 0 Å². The Bertz CT molecular complexity index is 1410. The lowest BCUT2D eigenvalue weighted by Gasteiger charge is -2.32. The molecule has 3 aromatic carbocycles. The Balaban J connectivity index is 1.87. The van der Waals surface area contributed by atoms with Gasteiger partial charge in [0.25, 0.3) is 0 Å². The van der Waals surface area contributed by atoms with Gasteiger partial charge in [-0.25, -0.2) is 0 Å². The predicted octanol–water partition coefficient (Wildman–Crippen LogP) is 12.4. The van der Waals surface area contributed by atoms with Crippen molar-refractivity contribution in [3.05, 3.63) is 83.4 Å². The molecule has 0 aromatic heterocycles. The molecule has 0 fully saturated rings. The second-order valence-electron chi connectivity index (χ2n) is 12.4. The van der Waals surface area contributed by atoms with Crippen molar-refractivity contribution in [2.24, 2.45) is 0 Å². The molecule has 5 nitrogen and oxygen atoms in total. The van der Waals surface area contributed by atoms with Crippen LogP contribution in [0.15, 0.2) is 66.7 Å². The fraction of sp³-hybridized carbons (Fsp3) is 0.514. The van der Waals surface area contributed by atoms with E-state index in [-0.39, 0.29) is 29.5 Å². The molecule has 3 rings (SSSR count). The van der Waals surface area contributed by atoms with Crippen LogP contribution in [0.2, 0.25) is 0 Å². The largest absolute Gasteiger partial charge is 0.864 e. The van der Waals surface area contributed by atoms with Gasteiger partial charge in [-0.1, -0.05) is 71.1 Å². The molecule has 0 radical (unpaired) electrons. The summed E-state index contributed by atoms with van der Waals surface area (Å²) >= 11 is 0. The second kappa shape index (κ2) is 19.9. The summed E-state index contributed by atoms with van der Waals surface area (Å²) in [6.07, 6.45) is -2.95. The summed E-state index contributed by atoms with van der Waals surface area (Å²) < 4.78 is 144. The number of halogens is 9. The lowest BCUT2D eigenvalue weighted by atomic mass is 10.1. The Kier molecular flexibility index (Phi) is 16.3. The third-order valence-electron chi connectivity index (χ3n) is 8.43. The van der Waals surface area contributed by atoms with Crippen molar-refractivity contribution in [3.8, 4) is 17.2 Å². The van der Waals surface area contributed by atoms with E-state index in [9.17, 15) is 39.5 Å². The highest BCUT2D eigenvalue weighted by Gasteiger charge is 2.37. The molecule has 0 aliphatic rings. The first-order chi connectivity index (χ1) is 24.5. The zero-order valence-corrected chi connectivity index (χ0v) is 29.5. The van der Waals surface area contributed by atoms with Crippen LogP contribution in [0.1, 0.15) is 101 Å². The van der Waals surface area contributed by atoms with E-state index < -0.39 is 48.8 Å². The molecule has 3 aromatic rings. The summed E-state index contributed by atoms with van der Waals surface area (Å²) in [5.41, 5.74) is -2.96. The van der Waals surface area contributed by atoms with E-state index >= 15 is 0 Å². The number of methoxy groups -OCH3 is 1. The summed E-state index contributed by atoms with van der Waals surface area (Å²) in [6.45, 7) is 4.11. The average molecular weight is 750 g/mol. The molecule has 52 heavy (non-hydrogen) atoms. The molecule has 0 aliphatic heterocycles. The van der Waals surface area contributed by atoms with Gasteiger partial charge in [-0.15, -0.1) is 0 Å². The molecule has 0 saturated carbocycles. The Morgan fingerprint density at radius 3 is 1.37 bits per heavy atom. The van der Waals surface area contributed by atoms with Crippen molar-refractivity contribution in [1.82, 2.24) is 0 Å². The van der Waals surface area contributed by atoms with Crippen LogP contribution in [0.3, 0.4) is 0 Å².